The third kappa shape index (κ3) is 20.7. The Hall–Kier alpha value is 2.22. The van der Waals surface area contributed by atoms with Crippen LogP contribution in [0.3, 0.4) is 0 Å². The molecule has 0 aliphatic carbocycles. The Balaban J connectivity index is -0.00000112. The van der Waals surface area contributed by atoms with Gasteiger partial charge in [-0.2, -0.15) is 8.42 Å². The molecule has 0 aromatic rings. The second-order valence-electron chi connectivity index (χ2n) is 2.91. The Morgan fingerprint density at radius 3 is 1.41 bits per heavy atom. The maximum absolute atomic E-state index is 10.5. The third-order valence-electron chi connectivity index (χ3n) is 1.50. The van der Waals surface area contributed by atoms with Crippen LogP contribution in [-0.2, 0) is 48.8 Å². The standard InChI is InChI=1S/C6H14O6S4.K.H/c7-15(8,13)11-5-3-1-2-4-6-12-16(9,10)14;;/h1-6H2,(H,7,8,13)(H,9,10,14);;/q;+1;-1. The SMILES string of the molecule is O=S(O)(=S)OCCCCCCOS(=O)(O)=S.[H-].[K+]. The van der Waals surface area contributed by atoms with Crippen molar-refractivity contribution in [2.24, 2.45) is 0 Å². The summed E-state index contributed by atoms with van der Waals surface area (Å²) >= 11 is 8.23. The Morgan fingerprint density at radius 1 is 0.882 bits per heavy atom. The minimum absolute atomic E-state index is 0. The van der Waals surface area contributed by atoms with E-state index in [0.717, 1.165) is 12.8 Å². The average Bonchev–Trinajstić information content (AvgIpc) is 2.06. The molecule has 0 spiro atoms. The molecule has 0 fully saturated rings. The zero-order chi connectivity index (χ0) is 12.7. The summed E-state index contributed by atoms with van der Waals surface area (Å²) in [4.78, 5) is 0. The number of unbranched alkanes of at least 4 members (excludes halogenated alkanes) is 3. The molecule has 0 rings (SSSR count). The van der Waals surface area contributed by atoms with Crippen LogP contribution in [-0.4, -0.2) is 30.7 Å². The van der Waals surface area contributed by atoms with Crippen LogP contribution < -0.4 is 51.4 Å². The molecule has 2 N–H and O–H groups in total. The summed E-state index contributed by atoms with van der Waals surface area (Å²) < 4.78 is 47.0. The first-order chi connectivity index (χ1) is 7.21. The fourth-order valence-corrected chi connectivity index (χ4v) is 1.95. The minimum atomic E-state index is -3.52. The third-order valence-corrected chi connectivity index (χ3v) is 3.01. The van der Waals surface area contributed by atoms with Crippen molar-refractivity contribution in [3.05, 3.63) is 0 Å². The summed E-state index contributed by atoms with van der Waals surface area (Å²) in [5.41, 5.74) is 0. The van der Waals surface area contributed by atoms with E-state index in [1.165, 1.54) is 0 Å². The summed E-state index contributed by atoms with van der Waals surface area (Å²) in [6.45, 7) is 0.245. The average molecular weight is 351 g/mol. The van der Waals surface area contributed by atoms with E-state index >= 15 is 0 Å². The van der Waals surface area contributed by atoms with E-state index in [-0.39, 0.29) is 66.0 Å². The normalized spacial score (nSPS) is 17.8. The largest absolute Gasteiger partial charge is 1.00 e. The van der Waals surface area contributed by atoms with Gasteiger partial charge in [-0.05, 0) is 12.8 Å². The molecule has 0 aliphatic heterocycles. The van der Waals surface area contributed by atoms with E-state index in [9.17, 15) is 8.42 Å². The minimum Gasteiger partial charge on any atom is -1.00 e. The molecule has 17 heavy (non-hydrogen) atoms. The zero-order valence-electron chi connectivity index (χ0n) is 10.4. The van der Waals surface area contributed by atoms with Gasteiger partial charge in [0.25, 0.3) is 18.1 Å². The van der Waals surface area contributed by atoms with Crippen molar-refractivity contribution < 1.29 is 78.7 Å². The van der Waals surface area contributed by atoms with Gasteiger partial charge in [0.15, 0.2) is 0 Å². The molecule has 0 heterocycles. The summed E-state index contributed by atoms with van der Waals surface area (Å²) in [7, 11) is -7.03. The van der Waals surface area contributed by atoms with Crippen LogP contribution in [0, 0.1) is 0 Å². The van der Waals surface area contributed by atoms with Crippen LogP contribution >= 0.6 is 0 Å². The van der Waals surface area contributed by atoms with Gasteiger partial charge in [0.05, 0.1) is 13.2 Å². The van der Waals surface area contributed by atoms with E-state index in [1.54, 1.807) is 0 Å². The molecule has 0 saturated carbocycles. The molecular weight excluding hydrogens is 335 g/mol. The van der Waals surface area contributed by atoms with Crippen LogP contribution in [0.1, 0.15) is 27.1 Å². The van der Waals surface area contributed by atoms with E-state index in [2.05, 4.69) is 30.7 Å². The Bertz CT molecular complexity index is 345. The number of rotatable bonds is 9. The molecule has 0 radical (unpaired) electrons. The van der Waals surface area contributed by atoms with E-state index in [4.69, 9.17) is 9.11 Å². The summed E-state index contributed by atoms with van der Waals surface area (Å²) in [5, 5.41) is 0. The van der Waals surface area contributed by atoms with Gasteiger partial charge in [-0.1, -0.05) is 12.8 Å². The fourth-order valence-electron chi connectivity index (χ4n) is 0.886. The van der Waals surface area contributed by atoms with Crippen LogP contribution in [0.5, 0.6) is 0 Å². The summed E-state index contributed by atoms with van der Waals surface area (Å²) in [6, 6.07) is 0. The van der Waals surface area contributed by atoms with Crippen molar-refractivity contribution in [3.8, 4) is 0 Å². The van der Waals surface area contributed by atoms with Crippen molar-refractivity contribution in [3.63, 3.8) is 0 Å². The quantitative estimate of drug-likeness (QED) is 0.363. The molecule has 0 saturated heterocycles. The van der Waals surface area contributed by atoms with E-state index in [1.807, 2.05) is 0 Å². The molecule has 2 atom stereocenters. The summed E-state index contributed by atoms with van der Waals surface area (Å²) in [6.07, 6.45) is 2.68. The van der Waals surface area contributed by atoms with Crippen molar-refractivity contribution in [2.45, 2.75) is 25.7 Å². The molecule has 100 valence electrons. The Kier molecular flexibility index (Phi) is 13.8. The van der Waals surface area contributed by atoms with Gasteiger partial charge >= 0.3 is 51.4 Å². The molecule has 11 heteroatoms. The van der Waals surface area contributed by atoms with Crippen LogP contribution in [0.15, 0.2) is 0 Å². The molecule has 0 amide bonds. The molecule has 0 aromatic heterocycles. The molecule has 0 bridgehead atoms. The molecular formula is C6H15KO6S4. The maximum Gasteiger partial charge on any atom is 1.00 e. The predicted octanol–water partition coefficient (Wildman–Crippen LogP) is -2.03. The molecule has 0 aliphatic rings. The fraction of sp³-hybridized carbons (Fsp3) is 1.00. The van der Waals surface area contributed by atoms with Gasteiger partial charge in [0.1, 0.15) is 0 Å². The smallest absolute Gasteiger partial charge is 1.00 e. The van der Waals surface area contributed by atoms with Crippen LogP contribution in [0.4, 0.5) is 0 Å². The first kappa shape index (κ1) is 21.5. The van der Waals surface area contributed by atoms with E-state index < -0.39 is 18.1 Å². The molecule has 2 unspecified atom stereocenters. The molecule has 0 aromatic carbocycles. The monoisotopic (exact) mass is 350 g/mol. The van der Waals surface area contributed by atoms with Gasteiger partial charge in [-0.25, -0.2) is 0 Å². The Labute approximate surface area is 156 Å². The van der Waals surface area contributed by atoms with Gasteiger partial charge in [0.2, 0.25) is 0 Å². The van der Waals surface area contributed by atoms with Crippen molar-refractivity contribution in [2.75, 3.05) is 13.2 Å². The van der Waals surface area contributed by atoms with Gasteiger partial charge in [-0.15, -0.1) is 0 Å². The first-order valence-corrected chi connectivity index (χ1v) is 9.17. The van der Waals surface area contributed by atoms with Crippen molar-refractivity contribution >= 4 is 40.5 Å². The van der Waals surface area contributed by atoms with Crippen molar-refractivity contribution in [1.29, 1.82) is 0 Å². The maximum atomic E-state index is 10.5. The Morgan fingerprint density at radius 2 is 1.18 bits per heavy atom. The first-order valence-electron chi connectivity index (χ1n) is 4.44. The predicted molar refractivity (Wildman–Crippen MR) is 67.8 cm³/mol. The summed E-state index contributed by atoms with van der Waals surface area (Å²) in [5.74, 6) is 0. The van der Waals surface area contributed by atoms with Gasteiger partial charge in [-0.3, -0.25) is 17.5 Å². The zero-order valence-corrected chi connectivity index (χ0v) is 15.8. The topological polar surface area (TPSA) is 93.1 Å². The van der Waals surface area contributed by atoms with Crippen LogP contribution in [0.25, 0.3) is 0 Å². The number of hydrogen-bond donors (Lipinski definition) is 2. The van der Waals surface area contributed by atoms with Gasteiger partial charge in [0, 0.05) is 22.4 Å². The second kappa shape index (κ2) is 10.9. The van der Waals surface area contributed by atoms with E-state index in [0.29, 0.717) is 12.8 Å². The second-order valence-corrected chi connectivity index (χ2v) is 7.62. The van der Waals surface area contributed by atoms with Crippen molar-refractivity contribution in [1.82, 2.24) is 0 Å². The van der Waals surface area contributed by atoms with Crippen LogP contribution in [0.2, 0.25) is 0 Å². The molecule has 6 nitrogen and oxygen atoms in total. The number of hydrogen-bond acceptors (Lipinski definition) is 6. The van der Waals surface area contributed by atoms with Gasteiger partial charge < -0.3 is 1.43 Å².